The van der Waals surface area contributed by atoms with Crippen LogP contribution in [0.1, 0.15) is 23.6 Å². The molecule has 0 radical (unpaired) electrons. The van der Waals surface area contributed by atoms with Crippen LogP contribution in [-0.4, -0.2) is 56.6 Å². The van der Waals surface area contributed by atoms with Gasteiger partial charge in [0, 0.05) is 5.92 Å². The summed E-state index contributed by atoms with van der Waals surface area (Å²) < 4.78 is 14.2. The number of ether oxygens (including phenoxy) is 2. The number of hydrogen-bond donors (Lipinski definition) is 3. The zero-order chi connectivity index (χ0) is 30.7. The molecule has 1 fully saturated rings. The third-order valence-corrected chi connectivity index (χ3v) is 13.6. The maximum atomic E-state index is 12.5. The fourth-order valence-corrected chi connectivity index (χ4v) is 10.4. The Balaban J connectivity index is 1.36. The van der Waals surface area contributed by atoms with Crippen molar-refractivity contribution < 1.29 is 19.7 Å². The number of aliphatic hydroxyl groups excluding tert-OH is 1. The van der Waals surface area contributed by atoms with Gasteiger partial charge >= 0.3 is 0 Å². The molecule has 5 aromatic rings. The molecule has 44 heavy (non-hydrogen) atoms. The monoisotopic (exact) mass is 609 g/mol. The third-order valence-electron chi connectivity index (χ3n) is 9.25. The van der Waals surface area contributed by atoms with Gasteiger partial charge in [-0.1, -0.05) is 109 Å². The van der Waals surface area contributed by atoms with E-state index in [1.165, 1.54) is 5.19 Å². The molecule has 1 aliphatic rings. The second kappa shape index (κ2) is 12.5. The predicted molar refractivity (Wildman–Crippen MR) is 173 cm³/mol. The SMILES string of the molecule is C[Si](C)(c1ccccc1)C1CC(n2cnc3c(OCc4ccccc4)nc(N)nc32)C(O)(CO)C1COCc1ccccc1. The van der Waals surface area contributed by atoms with Gasteiger partial charge in [0.25, 0.3) is 0 Å². The van der Waals surface area contributed by atoms with Crippen LogP contribution in [0.15, 0.2) is 97.3 Å². The first-order valence-corrected chi connectivity index (χ1v) is 18.1. The van der Waals surface area contributed by atoms with Gasteiger partial charge in [0.1, 0.15) is 12.2 Å². The van der Waals surface area contributed by atoms with Crippen LogP contribution >= 0.6 is 0 Å². The number of anilines is 1. The molecule has 10 heteroatoms. The topological polar surface area (TPSA) is 129 Å². The average Bonchev–Trinajstić information content (AvgIpc) is 3.60. The molecule has 0 amide bonds. The van der Waals surface area contributed by atoms with E-state index in [2.05, 4.69) is 52.3 Å². The quantitative estimate of drug-likeness (QED) is 0.187. The molecule has 3 aromatic carbocycles. The first kappa shape index (κ1) is 30.0. The molecular weight excluding hydrogens is 570 g/mol. The van der Waals surface area contributed by atoms with Gasteiger partial charge in [-0.3, -0.25) is 0 Å². The number of hydrogen-bond acceptors (Lipinski definition) is 8. The molecule has 4 atom stereocenters. The molecule has 6 rings (SSSR count). The van der Waals surface area contributed by atoms with Gasteiger partial charge in [-0.2, -0.15) is 9.97 Å². The minimum absolute atomic E-state index is 0.0473. The molecule has 1 aliphatic carbocycles. The summed E-state index contributed by atoms with van der Waals surface area (Å²) in [7, 11) is -2.20. The Hall–Kier alpha value is -4.09. The molecule has 2 heterocycles. The van der Waals surface area contributed by atoms with E-state index < -0.39 is 26.3 Å². The molecule has 0 saturated heterocycles. The summed E-state index contributed by atoms with van der Waals surface area (Å²) in [4.78, 5) is 13.5. The van der Waals surface area contributed by atoms with E-state index in [-0.39, 0.29) is 23.3 Å². The maximum absolute atomic E-state index is 12.5. The van der Waals surface area contributed by atoms with E-state index in [9.17, 15) is 10.2 Å². The van der Waals surface area contributed by atoms with Crippen LogP contribution in [0.25, 0.3) is 11.2 Å². The fraction of sp³-hybridized carbons (Fsp3) is 0.324. The van der Waals surface area contributed by atoms with Crippen molar-refractivity contribution >= 4 is 30.4 Å². The Bertz CT molecular complexity index is 1690. The number of nitrogens with two attached hydrogens (primary N) is 1. The fourth-order valence-electron chi connectivity index (χ4n) is 6.76. The summed E-state index contributed by atoms with van der Waals surface area (Å²) in [5.41, 5.74) is 7.70. The molecule has 9 nitrogen and oxygen atoms in total. The normalized spacial score (nSPS) is 22.0. The van der Waals surface area contributed by atoms with E-state index >= 15 is 0 Å². The zero-order valence-corrected chi connectivity index (χ0v) is 26.1. The van der Waals surface area contributed by atoms with Crippen LogP contribution in [-0.2, 0) is 18.0 Å². The average molecular weight is 610 g/mol. The number of rotatable bonds is 11. The van der Waals surface area contributed by atoms with Crippen LogP contribution in [0.2, 0.25) is 18.6 Å². The van der Waals surface area contributed by atoms with Crippen LogP contribution in [0, 0.1) is 5.92 Å². The Labute approximate surface area is 258 Å². The second-order valence-corrected chi connectivity index (χ2v) is 16.9. The van der Waals surface area contributed by atoms with Crippen molar-refractivity contribution in [1.82, 2.24) is 19.5 Å². The van der Waals surface area contributed by atoms with Crippen LogP contribution in [0.3, 0.4) is 0 Å². The van der Waals surface area contributed by atoms with Gasteiger partial charge in [-0.05, 0) is 23.1 Å². The standard InChI is InChI=1S/C34H39N5O4Si/c1-44(2,26-16-10-5-11-17-26)28-18-29(34(41,22-40)27(28)21-42-19-24-12-6-3-7-13-24)39-23-36-30-31(39)37-33(35)38-32(30)43-20-25-14-8-4-9-15-25/h3-17,23,27-29,40-41H,18-22H2,1-2H3,(H2,35,37,38). The summed E-state index contributed by atoms with van der Waals surface area (Å²) in [5, 5.41) is 24.7. The highest BCUT2D eigenvalue weighted by atomic mass is 28.3. The highest BCUT2D eigenvalue weighted by Gasteiger charge is 2.59. The Kier molecular flexibility index (Phi) is 8.50. The molecule has 228 valence electrons. The molecule has 4 unspecified atom stereocenters. The van der Waals surface area contributed by atoms with Crippen molar-refractivity contribution in [3.63, 3.8) is 0 Å². The number of nitrogens with zero attached hydrogens (tertiary/aromatic N) is 4. The van der Waals surface area contributed by atoms with E-state index in [0.29, 0.717) is 37.4 Å². The van der Waals surface area contributed by atoms with Gasteiger partial charge in [0.2, 0.25) is 11.8 Å². The summed E-state index contributed by atoms with van der Waals surface area (Å²) in [6.45, 7) is 5.24. The van der Waals surface area contributed by atoms with Gasteiger partial charge in [0.15, 0.2) is 11.2 Å². The van der Waals surface area contributed by atoms with E-state index in [1.807, 2.05) is 71.3 Å². The lowest BCUT2D eigenvalue weighted by Gasteiger charge is -2.39. The van der Waals surface area contributed by atoms with Gasteiger partial charge in [-0.25, -0.2) is 4.98 Å². The van der Waals surface area contributed by atoms with E-state index in [4.69, 9.17) is 15.2 Å². The van der Waals surface area contributed by atoms with Gasteiger partial charge < -0.3 is 30.0 Å². The van der Waals surface area contributed by atoms with Crippen molar-refractivity contribution in [3.8, 4) is 5.88 Å². The molecule has 0 spiro atoms. The smallest absolute Gasteiger partial charge is 0.247 e. The lowest BCUT2D eigenvalue weighted by atomic mass is 9.89. The Morgan fingerprint density at radius 3 is 2.16 bits per heavy atom. The Morgan fingerprint density at radius 1 is 0.909 bits per heavy atom. The minimum Gasteiger partial charge on any atom is -0.471 e. The summed E-state index contributed by atoms with van der Waals surface area (Å²) >= 11 is 0. The molecule has 1 saturated carbocycles. The number of fused-ring (bicyclic) bond motifs is 1. The molecule has 2 aromatic heterocycles. The Morgan fingerprint density at radius 2 is 1.52 bits per heavy atom. The summed E-state index contributed by atoms with van der Waals surface area (Å²) in [6, 6.07) is 29.8. The van der Waals surface area contributed by atoms with Crippen LogP contribution in [0.4, 0.5) is 5.95 Å². The lowest BCUT2D eigenvalue weighted by Crippen LogP contribution is -2.52. The number of aromatic nitrogens is 4. The van der Waals surface area contributed by atoms with Gasteiger partial charge in [-0.15, -0.1) is 0 Å². The maximum Gasteiger partial charge on any atom is 0.247 e. The second-order valence-electron chi connectivity index (χ2n) is 12.2. The lowest BCUT2D eigenvalue weighted by molar-refractivity contribution is -0.0935. The van der Waals surface area contributed by atoms with Crippen molar-refractivity contribution in [2.24, 2.45) is 5.92 Å². The molecular formula is C34H39N5O4Si. The highest BCUT2D eigenvalue weighted by Crippen LogP contribution is 2.55. The summed E-state index contributed by atoms with van der Waals surface area (Å²) in [6.07, 6.45) is 2.26. The molecule has 4 N–H and O–H groups in total. The van der Waals surface area contributed by atoms with Crippen molar-refractivity contribution in [1.29, 1.82) is 0 Å². The number of aliphatic hydroxyl groups is 2. The molecule has 0 bridgehead atoms. The van der Waals surface area contributed by atoms with Crippen molar-refractivity contribution in [3.05, 3.63) is 108 Å². The number of benzene rings is 3. The zero-order valence-electron chi connectivity index (χ0n) is 25.1. The predicted octanol–water partition coefficient (Wildman–Crippen LogP) is 4.47. The van der Waals surface area contributed by atoms with E-state index in [0.717, 1.165) is 11.1 Å². The van der Waals surface area contributed by atoms with Gasteiger partial charge in [0.05, 0.1) is 40.3 Å². The van der Waals surface area contributed by atoms with Crippen LogP contribution < -0.4 is 15.7 Å². The number of nitrogen functional groups attached to an aromatic ring is 1. The van der Waals surface area contributed by atoms with Crippen molar-refractivity contribution in [2.45, 2.75) is 49.9 Å². The third kappa shape index (κ3) is 5.73. The van der Waals surface area contributed by atoms with E-state index in [1.54, 1.807) is 6.33 Å². The largest absolute Gasteiger partial charge is 0.471 e. The number of imidazole rings is 1. The van der Waals surface area contributed by atoms with Crippen LogP contribution in [0.5, 0.6) is 5.88 Å². The minimum atomic E-state index is -2.20. The summed E-state index contributed by atoms with van der Waals surface area (Å²) in [5.74, 6) is -0.0152. The first-order chi connectivity index (χ1) is 21.3. The first-order valence-electron chi connectivity index (χ1n) is 15.0. The highest BCUT2D eigenvalue weighted by molar-refractivity contribution is 6.91. The van der Waals surface area contributed by atoms with Crippen molar-refractivity contribution in [2.75, 3.05) is 18.9 Å². The molecule has 0 aliphatic heterocycles.